The van der Waals surface area contributed by atoms with Crippen molar-refractivity contribution in [2.75, 3.05) is 0 Å². The number of aromatic amines is 2. The van der Waals surface area contributed by atoms with Crippen LogP contribution in [0.5, 0.6) is 5.75 Å². The van der Waals surface area contributed by atoms with Crippen LogP contribution in [0.25, 0.3) is 55.8 Å². The quantitative estimate of drug-likeness (QED) is 0.294. The number of nitrogens with zero attached hydrogens (tertiary/aromatic N) is 5. The Hall–Kier alpha value is -4.59. The highest BCUT2D eigenvalue weighted by Crippen LogP contribution is 2.33. The minimum absolute atomic E-state index is 0.272. The van der Waals surface area contributed by atoms with Crippen LogP contribution >= 0.6 is 0 Å². The van der Waals surface area contributed by atoms with Crippen molar-refractivity contribution in [1.82, 2.24) is 35.1 Å². The van der Waals surface area contributed by atoms with Gasteiger partial charge in [-0.25, -0.2) is 9.97 Å². The Morgan fingerprint density at radius 2 is 1.78 bits per heavy atom. The molecule has 0 bridgehead atoms. The van der Waals surface area contributed by atoms with Gasteiger partial charge < -0.3 is 9.72 Å². The molecule has 0 atom stereocenters. The molecule has 0 saturated heterocycles. The van der Waals surface area contributed by atoms with Gasteiger partial charge in [0, 0.05) is 41.3 Å². The average molecular weight is 488 g/mol. The number of hydrogen-bond donors (Lipinski definition) is 2. The lowest BCUT2D eigenvalue weighted by Crippen LogP contribution is -2.19. The van der Waals surface area contributed by atoms with Crippen LogP contribution in [-0.4, -0.2) is 41.2 Å². The van der Waals surface area contributed by atoms with Gasteiger partial charge in [-0.15, -0.1) is 0 Å². The summed E-state index contributed by atoms with van der Waals surface area (Å²) in [5, 5.41) is 8.72. The van der Waals surface area contributed by atoms with Gasteiger partial charge in [0.1, 0.15) is 22.6 Å². The van der Waals surface area contributed by atoms with Crippen molar-refractivity contribution in [3.8, 4) is 39.5 Å². The zero-order valence-corrected chi connectivity index (χ0v) is 20.2. The third-order valence-electron chi connectivity index (χ3n) is 7.03. The molecule has 6 heterocycles. The lowest BCUT2D eigenvalue weighted by Gasteiger charge is -2.22. The molecule has 8 heteroatoms. The van der Waals surface area contributed by atoms with Crippen LogP contribution in [0.2, 0.25) is 0 Å². The van der Waals surface area contributed by atoms with Crippen LogP contribution in [0.4, 0.5) is 0 Å². The van der Waals surface area contributed by atoms with Crippen molar-refractivity contribution in [3.63, 3.8) is 0 Å². The van der Waals surface area contributed by atoms with Gasteiger partial charge in [0.15, 0.2) is 0 Å². The van der Waals surface area contributed by atoms with Crippen molar-refractivity contribution < 1.29 is 4.74 Å². The molecule has 1 saturated carbocycles. The molecule has 0 amide bonds. The predicted molar refractivity (Wildman–Crippen MR) is 143 cm³/mol. The van der Waals surface area contributed by atoms with E-state index in [4.69, 9.17) is 9.72 Å². The molecule has 6 aromatic heterocycles. The summed E-state index contributed by atoms with van der Waals surface area (Å²) < 4.78 is 6.24. The number of ether oxygens (including phenoxy) is 1. The summed E-state index contributed by atoms with van der Waals surface area (Å²) in [4.78, 5) is 21.7. The first-order valence-electron chi connectivity index (χ1n) is 12.7. The third kappa shape index (κ3) is 4.10. The van der Waals surface area contributed by atoms with Gasteiger partial charge in [-0.2, -0.15) is 5.10 Å². The van der Waals surface area contributed by atoms with Gasteiger partial charge >= 0.3 is 0 Å². The van der Waals surface area contributed by atoms with E-state index in [9.17, 15) is 0 Å². The maximum absolute atomic E-state index is 6.24. The van der Waals surface area contributed by atoms with E-state index in [1.165, 1.54) is 19.3 Å². The summed E-state index contributed by atoms with van der Waals surface area (Å²) in [5.74, 6) is 0.795. The Morgan fingerprint density at radius 3 is 2.68 bits per heavy atom. The molecule has 0 aliphatic heterocycles. The maximum atomic E-state index is 6.24. The maximum Gasteiger partial charge on any atom is 0.138 e. The van der Waals surface area contributed by atoms with Crippen LogP contribution in [0.3, 0.4) is 0 Å². The second-order valence-electron chi connectivity index (χ2n) is 9.50. The van der Waals surface area contributed by atoms with E-state index in [2.05, 4.69) is 36.2 Å². The fourth-order valence-electron chi connectivity index (χ4n) is 5.17. The number of hydrogen-bond acceptors (Lipinski definition) is 6. The number of nitrogens with one attached hydrogen (secondary N) is 2. The fraction of sp³-hybridized carbons (Fsp3) is 0.207. The number of H-pyrrole nitrogens is 2. The summed E-state index contributed by atoms with van der Waals surface area (Å²) >= 11 is 0. The van der Waals surface area contributed by atoms with Gasteiger partial charge in [-0.05, 0) is 67.6 Å². The largest absolute Gasteiger partial charge is 0.489 e. The van der Waals surface area contributed by atoms with E-state index in [-0.39, 0.29) is 6.10 Å². The van der Waals surface area contributed by atoms with Gasteiger partial charge in [0.25, 0.3) is 0 Å². The van der Waals surface area contributed by atoms with E-state index < -0.39 is 0 Å². The first-order chi connectivity index (χ1) is 18.3. The van der Waals surface area contributed by atoms with E-state index in [0.29, 0.717) is 0 Å². The lowest BCUT2D eigenvalue weighted by atomic mass is 9.98. The van der Waals surface area contributed by atoms with E-state index in [1.54, 1.807) is 18.6 Å². The molecule has 7 rings (SSSR count). The van der Waals surface area contributed by atoms with Crippen LogP contribution in [0, 0.1) is 0 Å². The second kappa shape index (κ2) is 9.13. The summed E-state index contributed by atoms with van der Waals surface area (Å²) in [7, 11) is 0. The van der Waals surface area contributed by atoms with Gasteiger partial charge in [-0.1, -0.05) is 12.5 Å². The number of aromatic nitrogens is 7. The molecule has 1 aliphatic carbocycles. The monoisotopic (exact) mass is 487 g/mol. The topological polar surface area (TPSA) is 105 Å². The molecule has 2 N–H and O–H groups in total. The van der Waals surface area contributed by atoms with Crippen molar-refractivity contribution in [2.45, 2.75) is 38.2 Å². The summed E-state index contributed by atoms with van der Waals surface area (Å²) in [5.41, 5.74) is 7.87. The van der Waals surface area contributed by atoms with Crippen LogP contribution in [0.15, 0.2) is 73.4 Å². The Kier molecular flexibility index (Phi) is 5.35. The molecule has 8 nitrogen and oxygen atoms in total. The zero-order chi connectivity index (χ0) is 24.6. The highest BCUT2D eigenvalue weighted by molar-refractivity contribution is 5.98. The van der Waals surface area contributed by atoms with Crippen LogP contribution < -0.4 is 4.74 Å². The SMILES string of the molecule is c1cncc(-c2ccnc3[nH]c(-c4n[nH]c5ccc(-c6cncc(OC7CCCCC7)c6)nc45)cc23)c1. The molecular weight excluding hydrogens is 462 g/mol. The van der Waals surface area contributed by atoms with Crippen molar-refractivity contribution in [3.05, 3.63) is 73.4 Å². The molecule has 1 aliphatic rings. The molecule has 0 aromatic carbocycles. The Bertz CT molecular complexity index is 1700. The molecular formula is C29H25N7O. The highest BCUT2D eigenvalue weighted by atomic mass is 16.5. The minimum atomic E-state index is 0.272. The standard InChI is InChI=1S/C29H25N7O/c1-2-6-20(7-3-1)37-21-13-19(16-31-17-21)24-8-9-25-27(33-24)28(36-35-25)26-14-23-22(10-12-32-29(23)34-26)18-5-4-11-30-15-18/h4-5,8-17,20H,1-3,6-7H2,(H,32,34)(H,35,36). The summed E-state index contributed by atoms with van der Waals surface area (Å²) in [6.45, 7) is 0. The average Bonchev–Trinajstić information content (AvgIpc) is 3.58. The van der Waals surface area contributed by atoms with Crippen LogP contribution in [-0.2, 0) is 0 Å². The second-order valence-corrected chi connectivity index (χ2v) is 9.50. The van der Waals surface area contributed by atoms with Crippen LogP contribution in [0.1, 0.15) is 32.1 Å². The molecule has 1 fully saturated rings. The fourth-order valence-corrected chi connectivity index (χ4v) is 5.17. The Balaban J connectivity index is 1.26. The number of rotatable bonds is 5. The smallest absolute Gasteiger partial charge is 0.138 e. The summed E-state index contributed by atoms with van der Waals surface area (Å²) in [6.07, 6.45) is 15.3. The minimum Gasteiger partial charge on any atom is -0.489 e. The number of fused-ring (bicyclic) bond motifs is 2. The van der Waals surface area contributed by atoms with Crippen molar-refractivity contribution >= 4 is 22.1 Å². The molecule has 0 spiro atoms. The van der Waals surface area contributed by atoms with E-state index >= 15 is 0 Å². The highest BCUT2D eigenvalue weighted by Gasteiger charge is 2.18. The molecule has 182 valence electrons. The zero-order valence-electron chi connectivity index (χ0n) is 20.2. The van der Waals surface area contributed by atoms with Crippen molar-refractivity contribution in [1.29, 1.82) is 0 Å². The molecule has 37 heavy (non-hydrogen) atoms. The van der Waals surface area contributed by atoms with E-state index in [1.807, 2.05) is 48.8 Å². The van der Waals surface area contributed by atoms with Gasteiger partial charge in [0.2, 0.25) is 0 Å². The van der Waals surface area contributed by atoms with E-state index in [0.717, 1.165) is 74.4 Å². The molecule has 6 aromatic rings. The van der Waals surface area contributed by atoms with Gasteiger partial charge in [-0.3, -0.25) is 15.1 Å². The Labute approximate surface area is 213 Å². The normalized spacial score (nSPS) is 14.4. The molecule has 0 unspecified atom stereocenters. The first kappa shape index (κ1) is 21.7. The Morgan fingerprint density at radius 1 is 0.865 bits per heavy atom. The van der Waals surface area contributed by atoms with Crippen molar-refractivity contribution in [2.24, 2.45) is 0 Å². The summed E-state index contributed by atoms with van der Waals surface area (Å²) in [6, 6.07) is 14.1. The first-order valence-corrected chi connectivity index (χ1v) is 12.7. The predicted octanol–water partition coefficient (Wildman–Crippen LogP) is 6.34. The van der Waals surface area contributed by atoms with Gasteiger partial charge in [0.05, 0.1) is 29.2 Å². The molecule has 0 radical (unpaired) electrons. The third-order valence-corrected chi connectivity index (χ3v) is 7.03. The number of pyridine rings is 4. The lowest BCUT2D eigenvalue weighted by molar-refractivity contribution is 0.154.